The van der Waals surface area contributed by atoms with Gasteiger partial charge in [-0.05, 0) is 24.3 Å². The smallest absolute Gasteiger partial charge is 0.248 e. The molecule has 3 heterocycles. The van der Waals surface area contributed by atoms with Crippen molar-refractivity contribution in [3.05, 3.63) is 60.3 Å². The van der Waals surface area contributed by atoms with Crippen LogP contribution in [-0.2, 0) is 10.0 Å². The fourth-order valence-corrected chi connectivity index (χ4v) is 4.30. The number of benzene rings is 1. The number of hydrogen-bond acceptors (Lipinski definition) is 6. The lowest BCUT2D eigenvalue weighted by Gasteiger charge is -2.35. The Hall–Kier alpha value is -2.72. The second-order valence-corrected chi connectivity index (χ2v) is 7.64. The van der Waals surface area contributed by atoms with Crippen LogP contribution in [0.4, 0.5) is 8.78 Å². The first kappa shape index (κ1) is 16.7. The van der Waals surface area contributed by atoms with Gasteiger partial charge in [-0.2, -0.15) is 9.29 Å². The van der Waals surface area contributed by atoms with Crippen LogP contribution in [0.25, 0.3) is 11.4 Å². The van der Waals surface area contributed by atoms with Gasteiger partial charge in [0.05, 0.1) is 5.92 Å². The van der Waals surface area contributed by atoms with Crippen LogP contribution in [0.15, 0.2) is 52.1 Å². The van der Waals surface area contributed by atoms with E-state index in [4.69, 9.17) is 4.52 Å². The summed E-state index contributed by atoms with van der Waals surface area (Å²) in [6.07, 6.45) is 3.19. The molecule has 0 spiro atoms. The van der Waals surface area contributed by atoms with Gasteiger partial charge < -0.3 is 4.52 Å². The Balaban J connectivity index is 1.52. The van der Waals surface area contributed by atoms with Crippen molar-refractivity contribution in [3.8, 4) is 11.4 Å². The number of halogens is 2. The van der Waals surface area contributed by atoms with Crippen molar-refractivity contribution in [2.45, 2.75) is 10.8 Å². The van der Waals surface area contributed by atoms with Gasteiger partial charge in [0, 0.05) is 31.0 Å². The molecule has 0 bridgehead atoms. The molecule has 0 unspecified atom stereocenters. The number of aromatic nitrogens is 3. The number of sulfonamides is 1. The number of hydrogen-bond donors (Lipinski definition) is 0. The van der Waals surface area contributed by atoms with Crippen LogP contribution in [0.2, 0.25) is 0 Å². The molecule has 1 saturated heterocycles. The maximum atomic E-state index is 13.8. The van der Waals surface area contributed by atoms with E-state index < -0.39 is 26.6 Å². The number of rotatable bonds is 4. The summed E-state index contributed by atoms with van der Waals surface area (Å²) < 4.78 is 58.6. The molecule has 0 radical (unpaired) electrons. The minimum atomic E-state index is -4.27. The van der Waals surface area contributed by atoms with Crippen molar-refractivity contribution < 1.29 is 21.7 Å². The average molecular weight is 378 g/mol. The van der Waals surface area contributed by atoms with Crippen LogP contribution in [0.1, 0.15) is 11.8 Å². The molecule has 0 N–H and O–H groups in total. The monoisotopic (exact) mass is 378 g/mol. The van der Waals surface area contributed by atoms with E-state index in [1.807, 2.05) is 0 Å². The summed E-state index contributed by atoms with van der Waals surface area (Å²) in [6, 6.07) is 6.42. The summed E-state index contributed by atoms with van der Waals surface area (Å²) in [5, 5.41) is 3.85. The van der Waals surface area contributed by atoms with Gasteiger partial charge in [-0.15, -0.1) is 0 Å². The normalized spacial score (nSPS) is 15.8. The Morgan fingerprint density at radius 1 is 1.12 bits per heavy atom. The Morgan fingerprint density at radius 3 is 2.50 bits per heavy atom. The molecule has 2 aromatic heterocycles. The number of nitrogens with zero attached hydrogens (tertiary/aromatic N) is 4. The molecule has 0 aliphatic carbocycles. The zero-order valence-corrected chi connectivity index (χ0v) is 14.0. The van der Waals surface area contributed by atoms with Gasteiger partial charge in [0.25, 0.3) is 0 Å². The van der Waals surface area contributed by atoms with Crippen molar-refractivity contribution in [2.75, 3.05) is 13.1 Å². The minimum absolute atomic E-state index is 0.00474. The van der Waals surface area contributed by atoms with Crippen molar-refractivity contribution in [3.63, 3.8) is 0 Å². The van der Waals surface area contributed by atoms with Crippen molar-refractivity contribution >= 4 is 10.0 Å². The molecule has 7 nitrogen and oxygen atoms in total. The van der Waals surface area contributed by atoms with Gasteiger partial charge in [0.1, 0.15) is 11.6 Å². The third-order valence-electron chi connectivity index (χ3n) is 4.08. The molecular formula is C16H12F2N4O3S. The summed E-state index contributed by atoms with van der Waals surface area (Å²) in [6.45, 7) is 0.00949. The second-order valence-electron chi connectivity index (χ2n) is 5.77. The van der Waals surface area contributed by atoms with Gasteiger partial charge >= 0.3 is 0 Å². The first-order valence-corrected chi connectivity index (χ1v) is 9.09. The van der Waals surface area contributed by atoms with Crippen LogP contribution in [0, 0.1) is 11.6 Å². The minimum Gasteiger partial charge on any atom is -0.339 e. The fourth-order valence-electron chi connectivity index (χ4n) is 2.66. The summed E-state index contributed by atoms with van der Waals surface area (Å²) >= 11 is 0. The van der Waals surface area contributed by atoms with Crippen molar-refractivity contribution in [1.29, 1.82) is 0 Å². The van der Waals surface area contributed by atoms with Crippen molar-refractivity contribution in [1.82, 2.24) is 19.4 Å². The molecule has 26 heavy (non-hydrogen) atoms. The third-order valence-corrected chi connectivity index (χ3v) is 5.96. The average Bonchev–Trinajstić information content (AvgIpc) is 3.03. The van der Waals surface area contributed by atoms with Gasteiger partial charge in [-0.3, -0.25) is 4.98 Å². The quantitative estimate of drug-likeness (QED) is 0.691. The highest BCUT2D eigenvalue weighted by atomic mass is 32.2. The lowest BCUT2D eigenvalue weighted by molar-refractivity contribution is 0.215. The predicted molar refractivity (Wildman–Crippen MR) is 85.4 cm³/mol. The van der Waals surface area contributed by atoms with Gasteiger partial charge in [0.15, 0.2) is 4.90 Å². The molecular weight excluding hydrogens is 366 g/mol. The van der Waals surface area contributed by atoms with E-state index in [1.54, 1.807) is 24.5 Å². The molecule has 1 aliphatic rings. The van der Waals surface area contributed by atoms with Gasteiger partial charge in [-0.25, -0.2) is 17.2 Å². The van der Waals surface area contributed by atoms with Crippen LogP contribution in [0.5, 0.6) is 0 Å². The topological polar surface area (TPSA) is 89.2 Å². The van der Waals surface area contributed by atoms with E-state index in [0.717, 1.165) is 22.5 Å². The van der Waals surface area contributed by atoms with E-state index in [0.29, 0.717) is 11.4 Å². The zero-order valence-electron chi connectivity index (χ0n) is 13.2. The van der Waals surface area contributed by atoms with Crippen molar-refractivity contribution in [2.24, 2.45) is 0 Å². The summed E-state index contributed by atoms with van der Waals surface area (Å²) in [5.41, 5.74) is 0.666. The molecule has 134 valence electrons. The highest BCUT2D eigenvalue weighted by molar-refractivity contribution is 7.89. The van der Waals surface area contributed by atoms with E-state index in [1.165, 1.54) is 0 Å². The molecule has 10 heteroatoms. The first-order chi connectivity index (χ1) is 12.5. The first-order valence-electron chi connectivity index (χ1n) is 7.65. The molecule has 1 aliphatic heterocycles. The molecule has 0 atom stereocenters. The molecule has 1 fully saturated rings. The Labute approximate surface area is 147 Å². The molecule has 4 rings (SSSR count). The number of pyridine rings is 1. The van der Waals surface area contributed by atoms with Crippen LogP contribution < -0.4 is 0 Å². The van der Waals surface area contributed by atoms with Gasteiger partial charge in [-0.1, -0.05) is 11.2 Å². The van der Waals surface area contributed by atoms with Crippen LogP contribution in [0.3, 0.4) is 0 Å². The van der Waals surface area contributed by atoms with E-state index in [-0.39, 0.29) is 24.9 Å². The van der Waals surface area contributed by atoms with Crippen LogP contribution >= 0.6 is 0 Å². The SMILES string of the molecule is O=S(=O)(c1c(F)cccc1F)N1CC(c2nc(-c3cccnc3)no2)C1. The highest BCUT2D eigenvalue weighted by Gasteiger charge is 2.42. The Morgan fingerprint density at radius 2 is 1.85 bits per heavy atom. The highest BCUT2D eigenvalue weighted by Crippen LogP contribution is 2.33. The summed E-state index contributed by atoms with van der Waals surface area (Å²) in [7, 11) is -4.27. The second kappa shape index (κ2) is 6.22. The summed E-state index contributed by atoms with van der Waals surface area (Å²) in [5.74, 6) is -1.97. The van der Waals surface area contributed by atoms with E-state index in [9.17, 15) is 17.2 Å². The lowest BCUT2D eigenvalue weighted by Crippen LogP contribution is -2.48. The lowest BCUT2D eigenvalue weighted by atomic mass is 10.0. The molecule has 1 aromatic carbocycles. The molecule has 0 saturated carbocycles. The standard InChI is InChI=1S/C16H12F2N4O3S/c17-12-4-1-5-13(18)14(12)26(23,24)22-8-11(9-22)16-20-15(21-25-16)10-3-2-6-19-7-10/h1-7,11H,8-9H2. The molecule has 3 aromatic rings. The molecule has 0 amide bonds. The maximum Gasteiger partial charge on any atom is 0.248 e. The van der Waals surface area contributed by atoms with E-state index >= 15 is 0 Å². The van der Waals surface area contributed by atoms with Gasteiger partial charge in [0.2, 0.25) is 21.7 Å². The van der Waals surface area contributed by atoms with Crippen LogP contribution in [-0.4, -0.2) is 40.9 Å². The largest absolute Gasteiger partial charge is 0.339 e. The fraction of sp³-hybridized carbons (Fsp3) is 0.188. The summed E-state index contributed by atoms with van der Waals surface area (Å²) in [4.78, 5) is 7.26. The third kappa shape index (κ3) is 2.76. The maximum absolute atomic E-state index is 13.8. The Kier molecular flexibility index (Phi) is 4.00. The predicted octanol–water partition coefficient (Wildman–Crippen LogP) is 2.20. The zero-order chi connectivity index (χ0) is 18.3. The Bertz CT molecular complexity index is 1030. The van der Waals surface area contributed by atoms with E-state index in [2.05, 4.69) is 15.1 Å².